The molecule has 1 unspecified atom stereocenters. The molecule has 0 spiro atoms. The first-order chi connectivity index (χ1) is 14.4. The maximum atomic E-state index is 12.2. The third-order valence-corrected chi connectivity index (χ3v) is 6.02. The molecule has 1 aromatic rings. The van der Waals surface area contributed by atoms with Crippen molar-refractivity contribution in [2.75, 3.05) is 26.7 Å². The highest BCUT2D eigenvalue weighted by molar-refractivity contribution is 7.89. The van der Waals surface area contributed by atoms with Crippen LogP contribution in [0, 0.1) is 0 Å². The lowest BCUT2D eigenvalue weighted by atomic mass is 10.2. The molecule has 1 aromatic carbocycles. The Balaban J connectivity index is 0.000000342. The quantitative estimate of drug-likeness (QED) is 0.508. The summed E-state index contributed by atoms with van der Waals surface area (Å²) in [4.78, 5) is 26.3. The molecule has 2 aliphatic heterocycles. The number of hydrogen-bond donors (Lipinski definition) is 2. The van der Waals surface area contributed by atoms with Crippen molar-refractivity contribution < 1.29 is 32.7 Å². The fraction of sp³-hybridized carbons (Fsp3) is 0.500. The molecule has 2 heterocycles. The van der Waals surface area contributed by atoms with E-state index in [1.165, 1.54) is 37.1 Å². The first-order valence-corrected chi connectivity index (χ1v) is 11.2. The van der Waals surface area contributed by atoms with Gasteiger partial charge < -0.3 is 9.84 Å². The number of hydrogen-bond acceptors (Lipinski definition) is 7. The molecule has 2 N–H and O–H groups in total. The molecule has 30 heavy (non-hydrogen) atoms. The number of nitrogens with one attached hydrogen (secondary N) is 1. The van der Waals surface area contributed by atoms with Gasteiger partial charge in [-0.3, -0.25) is 9.63 Å². The number of benzene rings is 1. The minimum atomic E-state index is -3.69. The number of nitrogens with zero attached hydrogens (tertiary/aromatic N) is 1. The Morgan fingerprint density at radius 1 is 1.27 bits per heavy atom. The lowest BCUT2D eigenvalue weighted by molar-refractivity contribution is -0.191. The van der Waals surface area contributed by atoms with Gasteiger partial charge in [-0.15, -0.1) is 0 Å². The Bertz CT molecular complexity index is 798. The minimum Gasteiger partial charge on any atom is -0.478 e. The number of carbonyl (C=O) groups is 2. The van der Waals surface area contributed by atoms with Gasteiger partial charge in [0.05, 0.1) is 10.5 Å². The summed E-state index contributed by atoms with van der Waals surface area (Å²) in [5.41, 5.74) is 3.05. The molecule has 3 rings (SSSR count). The van der Waals surface area contributed by atoms with Gasteiger partial charge in [0.25, 0.3) is 0 Å². The summed E-state index contributed by atoms with van der Waals surface area (Å²) in [5.74, 6) is -1.12. The number of carboxylic acids is 1. The maximum Gasteiger partial charge on any atom is 0.335 e. The third kappa shape index (κ3) is 7.62. The van der Waals surface area contributed by atoms with E-state index in [1.807, 2.05) is 13.8 Å². The molecule has 0 radical (unpaired) electrons. The van der Waals surface area contributed by atoms with E-state index in [4.69, 9.17) is 14.7 Å². The summed E-state index contributed by atoms with van der Waals surface area (Å²) in [5, 5.41) is 8.75. The fourth-order valence-corrected chi connectivity index (χ4v) is 4.04. The SMILES string of the molecule is CC.CNOC1CCCCO1.O=CC1=CCN(S(=O)(=O)c2ccc(C(=O)O)cc2)C1. The van der Waals surface area contributed by atoms with Crippen LogP contribution in [0.2, 0.25) is 0 Å². The van der Waals surface area contributed by atoms with Gasteiger partial charge in [-0.05, 0) is 37.1 Å². The Morgan fingerprint density at radius 3 is 2.40 bits per heavy atom. The molecule has 1 atom stereocenters. The highest BCUT2D eigenvalue weighted by Crippen LogP contribution is 2.20. The highest BCUT2D eigenvalue weighted by atomic mass is 32.2. The molecule has 168 valence electrons. The zero-order chi connectivity index (χ0) is 22.6. The van der Waals surface area contributed by atoms with Crippen LogP contribution in [0.4, 0.5) is 0 Å². The van der Waals surface area contributed by atoms with Crippen LogP contribution in [-0.2, 0) is 24.4 Å². The Labute approximate surface area is 177 Å². The van der Waals surface area contributed by atoms with Crippen LogP contribution in [0.25, 0.3) is 0 Å². The topological polar surface area (TPSA) is 122 Å². The van der Waals surface area contributed by atoms with Crippen molar-refractivity contribution >= 4 is 22.3 Å². The minimum absolute atomic E-state index is 0.0104. The first-order valence-electron chi connectivity index (χ1n) is 9.80. The number of hydroxylamine groups is 1. The summed E-state index contributed by atoms with van der Waals surface area (Å²) >= 11 is 0. The largest absolute Gasteiger partial charge is 0.478 e. The number of carbonyl (C=O) groups excluding carboxylic acids is 1. The van der Waals surface area contributed by atoms with Crippen molar-refractivity contribution in [3.8, 4) is 0 Å². The van der Waals surface area contributed by atoms with E-state index in [0.717, 1.165) is 17.3 Å². The van der Waals surface area contributed by atoms with Gasteiger partial charge in [0, 0.05) is 38.7 Å². The Hall–Kier alpha value is -2.11. The summed E-state index contributed by atoms with van der Waals surface area (Å²) in [6, 6.07) is 4.97. The molecular weight excluding hydrogens is 412 g/mol. The number of rotatable bonds is 6. The molecule has 0 saturated carbocycles. The normalized spacial score (nSPS) is 18.9. The van der Waals surface area contributed by atoms with Crippen molar-refractivity contribution in [1.82, 2.24) is 9.79 Å². The average molecular weight is 443 g/mol. The molecule has 1 fully saturated rings. The van der Waals surface area contributed by atoms with Crippen molar-refractivity contribution in [2.24, 2.45) is 0 Å². The van der Waals surface area contributed by atoms with E-state index >= 15 is 0 Å². The van der Waals surface area contributed by atoms with Crippen LogP contribution in [0.3, 0.4) is 0 Å². The lowest BCUT2D eigenvalue weighted by Gasteiger charge is -2.21. The van der Waals surface area contributed by atoms with E-state index in [-0.39, 0.29) is 29.8 Å². The van der Waals surface area contributed by atoms with Crippen molar-refractivity contribution in [2.45, 2.75) is 44.3 Å². The third-order valence-electron chi connectivity index (χ3n) is 4.19. The zero-order valence-electron chi connectivity index (χ0n) is 17.5. The second-order valence-corrected chi connectivity index (χ2v) is 8.08. The molecule has 9 nitrogen and oxygen atoms in total. The summed E-state index contributed by atoms with van der Waals surface area (Å²) in [6.45, 7) is 5.04. The van der Waals surface area contributed by atoms with Crippen LogP contribution in [0.15, 0.2) is 40.8 Å². The van der Waals surface area contributed by atoms with Gasteiger partial charge in [-0.25, -0.2) is 18.7 Å². The van der Waals surface area contributed by atoms with E-state index < -0.39 is 16.0 Å². The molecule has 0 aromatic heterocycles. The van der Waals surface area contributed by atoms with Gasteiger partial charge >= 0.3 is 5.97 Å². The zero-order valence-corrected chi connectivity index (χ0v) is 18.4. The standard InChI is InChI=1S/C12H11NO5S.C6H13NO2.C2H6/c14-8-9-5-6-13(7-9)19(17,18)11-3-1-10(2-4-11)12(15)16;1-7-9-6-4-2-3-5-8-6;1-2/h1-5,8H,6-7H2,(H,15,16);6-7H,2-5H2,1H3;1-2H3. The molecule has 10 heteroatoms. The molecular formula is C20H30N2O7S. The van der Waals surface area contributed by atoms with Crippen LogP contribution < -0.4 is 5.48 Å². The van der Waals surface area contributed by atoms with Gasteiger partial charge in [-0.1, -0.05) is 19.9 Å². The molecule has 1 saturated heterocycles. The average Bonchev–Trinajstić information content (AvgIpc) is 3.27. The predicted octanol–water partition coefficient (Wildman–Crippen LogP) is 2.20. The van der Waals surface area contributed by atoms with Gasteiger partial charge in [0.2, 0.25) is 10.0 Å². The lowest BCUT2D eigenvalue weighted by Crippen LogP contribution is -2.29. The molecule has 0 bridgehead atoms. The van der Waals surface area contributed by atoms with Gasteiger partial charge in [-0.2, -0.15) is 4.31 Å². The van der Waals surface area contributed by atoms with Crippen LogP contribution in [0.5, 0.6) is 0 Å². The number of carboxylic acid groups (broad SMARTS) is 1. The number of aromatic carboxylic acids is 1. The summed E-state index contributed by atoms with van der Waals surface area (Å²) < 4.78 is 30.8. The summed E-state index contributed by atoms with van der Waals surface area (Å²) in [7, 11) is -1.95. The van der Waals surface area contributed by atoms with Crippen LogP contribution >= 0.6 is 0 Å². The highest BCUT2D eigenvalue weighted by Gasteiger charge is 2.27. The van der Waals surface area contributed by atoms with Crippen molar-refractivity contribution in [3.63, 3.8) is 0 Å². The Kier molecular flexibility index (Phi) is 11.4. The van der Waals surface area contributed by atoms with Gasteiger partial charge in [0.15, 0.2) is 6.29 Å². The van der Waals surface area contributed by atoms with E-state index in [0.29, 0.717) is 11.9 Å². The van der Waals surface area contributed by atoms with Crippen molar-refractivity contribution in [3.05, 3.63) is 41.5 Å². The maximum absolute atomic E-state index is 12.2. The van der Waals surface area contributed by atoms with Crippen molar-refractivity contribution in [1.29, 1.82) is 0 Å². The molecule has 2 aliphatic rings. The molecule has 0 aliphatic carbocycles. The first kappa shape index (κ1) is 25.9. The summed E-state index contributed by atoms with van der Waals surface area (Å²) in [6.07, 6.45) is 5.57. The van der Waals surface area contributed by atoms with Crippen LogP contribution in [0.1, 0.15) is 43.5 Å². The van der Waals surface area contributed by atoms with E-state index in [2.05, 4.69) is 5.48 Å². The predicted molar refractivity (Wildman–Crippen MR) is 111 cm³/mol. The number of aldehydes is 1. The second kappa shape index (κ2) is 13.2. The van der Waals surface area contributed by atoms with E-state index in [9.17, 15) is 18.0 Å². The number of sulfonamides is 1. The second-order valence-electron chi connectivity index (χ2n) is 6.14. The molecule has 0 amide bonds. The smallest absolute Gasteiger partial charge is 0.335 e. The number of ether oxygens (including phenoxy) is 1. The fourth-order valence-electron chi connectivity index (χ4n) is 2.67. The van der Waals surface area contributed by atoms with E-state index in [1.54, 1.807) is 13.1 Å². The van der Waals surface area contributed by atoms with Crippen LogP contribution in [-0.4, -0.2) is 63.1 Å². The Morgan fingerprint density at radius 2 is 1.93 bits per heavy atom. The van der Waals surface area contributed by atoms with Gasteiger partial charge in [0.1, 0.15) is 6.29 Å². The monoisotopic (exact) mass is 442 g/mol.